The lowest BCUT2D eigenvalue weighted by Crippen LogP contribution is -2.56. The van der Waals surface area contributed by atoms with Gasteiger partial charge in [-0.25, -0.2) is 19.6 Å². The summed E-state index contributed by atoms with van der Waals surface area (Å²) >= 11 is 2.22. The van der Waals surface area contributed by atoms with Gasteiger partial charge in [0.05, 0.1) is 42.0 Å². The van der Waals surface area contributed by atoms with E-state index in [1.54, 1.807) is 5.38 Å². The zero-order chi connectivity index (χ0) is 39.6. The van der Waals surface area contributed by atoms with E-state index >= 15 is 0 Å². The van der Waals surface area contributed by atoms with Crippen molar-refractivity contribution in [2.75, 3.05) is 13.2 Å². The molecule has 54 heavy (non-hydrogen) atoms. The number of carboxylic acids is 2. The van der Waals surface area contributed by atoms with Crippen molar-refractivity contribution in [3.05, 3.63) is 81.8 Å². The summed E-state index contributed by atoms with van der Waals surface area (Å²) in [6, 6.07) is 8.74. The zero-order valence-corrected chi connectivity index (χ0v) is 30.0. The molecule has 0 spiro atoms. The average Bonchev–Trinajstić information content (AvgIpc) is 3.47. The van der Waals surface area contributed by atoms with Crippen LogP contribution in [0.15, 0.2) is 59.3 Å². The number of hydrogen-bond acceptors (Lipinski definition) is 9. The number of carbonyl (C=O) groups is 4. The van der Waals surface area contributed by atoms with E-state index in [0.717, 1.165) is 46.9 Å². The van der Waals surface area contributed by atoms with Crippen molar-refractivity contribution in [1.29, 1.82) is 0 Å². The van der Waals surface area contributed by atoms with Crippen molar-refractivity contribution in [3.8, 4) is 21.1 Å². The van der Waals surface area contributed by atoms with Crippen molar-refractivity contribution >= 4 is 46.4 Å². The Morgan fingerprint density at radius 3 is 1.59 bits per heavy atom. The number of nitrogens with one attached hydrogen (secondary N) is 2. The second kappa shape index (κ2) is 15.5. The van der Waals surface area contributed by atoms with E-state index in [9.17, 15) is 55.7 Å². The molecule has 1 aliphatic carbocycles. The van der Waals surface area contributed by atoms with Crippen molar-refractivity contribution in [1.82, 2.24) is 20.6 Å². The number of rotatable bonds is 15. The molecule has 0 bridgehead atoms. The van der Waals surface area contributed by atoms with Crippen molar-refractivity contribution in [2.45, 2.75) is 56.5 Å². The number of aliphatic carboxylic acids is 2. The highest BCUT2D eigenvalue weighted by Gasteiger charge is 2.55. The summed E-state index contributed by atoms with van der Waals surface area (Å²) in [5.74, 6) is -5.01. The van der Waals surface area contributed by atoms with Gasteiger partial charge in [0.1, 0.15) is 15.6 Å². The fourth-order valence-electron chi connectivity index (χ4n) is 5.67. The summed E-state index contributed by atoms with van der Waals surface area (Å²) in [5, 5.41) is 28.7. The number of halogens is 6. The molecule has 2 amide bonds. The van der Waals surface area contributed by atoms with Crippen molar-refractivity contribution < 1.29 is 60.5 Å². The molecule has 1 saturated carbocycles. The Morgan fingerprint density at radius 2 is 1.19 bits per heavy atom. The monoisotopic (exact) mass is 798 g/mol. The predicted molar refractivity (Wildman–Crippen MR) is 183 cm³/mol. The largest absolute Gasteiger partial charge is 0.480 e. The Balaban J connectivity index is 1.11. The summed E-state index contributed by atoms with van der Waals surface area (Å²) in [6.07, 6.45) is -9.27. The summed E-state index contributed by atoms with van der Waals surface area (Å²) in [7, 11) is 0. The van der Waals surface area contributed by atoms with Crippen LogP contribution < -0.4 is 10.6 Å². The summed E-state index contributed by atoms with van der Waals surface area (Å²) < 4.78 is 83.0. The Bertz CT molecular complexity index is 2020. The van der Waals surface area contributed by atoms with Gasteiger partial charge in [0, 0.05) is 28.5 Å². The van der Waals surface area contributed by atoms with Crippen LogP contribution in [0.5, 0.6) is 0 Å². The Kier molecular flexibility index (Phi) is 11.5. The maximum atomic E-state index is 12.9. The molecule has 4 aromatic rings. The first-order valence-electron chi connectivity index (χ1n) is 16.1. The number of carbonyl (C=O) groups excluding carboxylic acids is 2. The maximum absolute atomic E-state index is 12.9. The predicted octanol–water partition coefficient (Wildman–Crippen LogP) is 6.33. The van der Waals surface area contributed by atoms with E-state index in [4.69, 9.17) is 4.74 Å². The van der Waals surface area contributed by atoms with Crippen LogP contribution in [0.25, 0.3) is 21.1 Å². The lowest BCUT2D eigenvalue weighted by atomic mass is 9.94. The highest BCUT2D eigenvalue weighted by molar-refractivity contribution is 7.13. The van der Waals surface area contributed by atoms with Gasteiger partial charge in [0.25, 0.3) is 0 Å². The third kappa shape index (κ3) is 9.61. The van der Waals surface area contributed by atoms with Gasteiger partial charge in [-0.15, -0.1) is 22.7 Å². The molecule has 11 nitrogen and oxygen atoms in total. The molecule has 0 radical (unpaired) electrons. The minimum atomic E-state index is -4.50. The van der Waals surface area contributed by atoms with Gasteiger partial charge in [-0.05, 0) is 56.4 Å². The van der Waals surface area contributed by atoms with Crippen molar-refractivity contribution in [2.24, 2.45) is 11.8 Å². The van der Waals surface area contributed by atoms with E-state index < -0.39 is 70.8 Å². The maximum Gasteiger partial charge on any atom is 0.416 e. The lowest BCUT2D eigenvalue weighted by Gasteiger charge is -2.28. The number of amides is 2. The minimum absolute atomic E-state index is 0.0761. The number of alkyl halides is 6. The molecule has 0 aliphatic heterocycles. The molecule has 288 valence electrons. The third-order valence-electron chi connectivity index (χ3n) is 8.82. The average molecular weight is 799 g/mol. The Morgan fingerprint density at radius 1 is 0.741 bits per heavy atom. The normalized spacial score (nSPS) is 17.9. The summed E-state index contributed by atoms with van der Waals surface area (Å²) in [5.41, 5.74) is -3.84. The van der Waals surface area contributed by atoms with Gasteiger partial charge < -0.3 is 25.6 Å². The van der Waals surface area contributed by atoms with E-state index in [-0.39, 0.29) is 31.1 Å². The Hall–Kier alpha value is -4.88. The highest BCUT2D eigenvalue weighted by atomic mass is 32.1. The van der Waals surface area contributed by atoms with E-state index in [0.29, 0.717) is 33.3 Å². The molecule has 4 unspecified atom stereocenters. The fraction of sp³-hybridized carbons (Fsp3) is 0.371. The molecule has 4 atom stereocenters. The van der Waals surface area contributed by atoms with Gasteiger partial charge in [-0.2, -0.15) is 26.3 Å². The SMILES string of the molecule is CC(COCC1CC1C(C)(NC(=O)Cc1csc(-c2ccc(C(F)(F)F)cc2)n1)C(=O)O)(NC(=O)Cc1csc(-c2ccc(C(F)(F)F)cc2)n1)C(=O)O. The molecule has 2 aromatic heterocycles. The van der Waals surface area contributed by atoms with Crippen LogP contribution in [-0.4, -0.2) is 68.2 Å². The first-order chi connectivity index (χ1) is 25.2. The van der Waals surface area contributed by atoms with Gasteiger partial charge in [0.2, 0.25) is 11.8 Å². The first-order valence-corrected chi connectivity index (χ1v) is 17.8. The van der Waals surface area contributed by atoms with E-state index in [1.165, 1.54) is 43.5 Å². The summed E-state index contributed by atoms with van der Waals surface area (Å²) in [4.78, 5) is 58.8. The molecule has 2 heterocycles. The van der Waals surface area contributed by atoms with Gasteiger partial charge in [-0.3, -0.25) is 9.59 Å². The number of aromatic nitrogens is 2. The second-order valence-electron chi connectivity index (χ2n) is 13.2. The topological polar surface area (TPSA) is 168 Å². The van der Waals surface area contributed by atoms with Gasteiger partial charge in [-0.1, -0.05) is 24.3 Å². The van der Waals surface area contributed by atoms with Crippen LogP contribution in [-0.2, 0) is 49.1 Å². The third-order valence-corrected chi connectivity index (χ3v) is 10.7. The second-order valence-corrected chi connectivity index (χ2v) is 14.9. The molecule has 5 rings (SSSR count). The standard InChI is InChI=1S/C35H32F6N4O7S2/c1-32(30(48)49,44-26(46)12-23-15-53-28(42-23)18-3-7-21(8-4-18)34(36,37)38)17-52-14-20-11-25(20)33(2,31(50)51)45-27(47)13-24-16-54-29(43-24)19-5-9-22(10-6-19)35(39,40)41/h3-10,15-16,20,25H,11-14,17H2,1-2H3,(H,44,46)(H,45,47)(H,48,49)(H,50,51). The van der Waals surface area contributed by atoms with Gasteiger partial charge in [0.15, 0.2) is 5.54 Å². The zero-order valence-electron chi connectivity index (χ0n) is 28.4. The molecule has 1 aliphatic rings. The smallest absolute Gasteiger partial charge is 0.416 e. The molecular weight excluding hydrogens is 767 g/mol. The number of nitrogens with zero attached hydrogens (tertiary/aromatic N) is 2. The van der Waals surface area contributed by atoms with Crippen LogP contribution in [0.3, 0.4) is 0 Å². The molecule has 2 aromatic carbocycles. The number of benzene rings is 2. The van der Waals surface area contributed by atoms with Crippen LogP contribution in [0.4, 0.5) is 26.3 Å². The van der Waals surface area contributed by atoms with E-state index in [2.05, 4.69) is 20.6 Å². The fourth-order valence-corrected chi connectivity index (χ4v) is 7.32. The van der Waals surface area contributed by atoms with Crippen LogP contribution in [0, 0.1) is 11.8 Å². The van der Waals surface area contributed by atoms with Gasteiger partial charge >= 0.3 is 24.3 Å². The lowest BCUT2D eigenvalue weighted by molar-refractivity contribution is -0.150. The minimum Gasteiger partial charge on any atom is -0.480 e. The quantitative estimate of drug-likeness (QED) is 0.101. The molecule has 19 heteroatoms. The number of ether oxygens (including phenoxy) is 1. The molecule has 4 N–H and O–H groups in total. The number of carboxylic acid groups (broad SMARTS) is 2. The Labute approximate surface area is 311 Å². The molecule has 1 fully saturated rings. The molecule has 0 saturated heterocycles. The van der Waals surface area contributed by atoms with Crippen LogP contribution in [0.2, 0.25) is 0 Å². The number of hydrogen-bond donors (Lipinski definition) is 4. The number of thiazole rings is 2. The van der Waals surface area contributed by atoms with E-state index in [1.807, 2.05) is 0 Å². The van der Waals surface area contributed by atoms with Crippen LogP contribution in [0.1, 0.15) is 42.8 Å². The highest BCUT2D eigenvalue weighted by Crippen LogP contribution is 2.47. The first kappa shape index (κ1) is 40.3. The van der Waals surface area contributed by atoms with Crippen molar-refractivity contribution in [3.63, 3.8) is 0 Å². The van der Waals surface area contributed by atoms with Crippen LogP contribution >= 0.6 is 22.7 Å². The summed E-state index contributed by atoms with van der Waals surface area (Å²) in [6.45, 7) is 2.02. The molecular formula is C35H32F6N4O7S2.